The summed E-state index contributed by atoms with van der Waals surface area (Å²) in [4.78, 5) is 16.7. The van der Waals surface area contributed by atoms with Crippen LogP contribution in [0.5, 0.6) is 11.5 Å². The van der Waals surface area contributed by atoms with E-state index in [-0.39, 0.29) is 6.79 Å². The summed E-state index contributed by atoms with van der Waals surface area (Å²) in [6, 6.07) is 8.93. The fourth-order valence-corrected chi connectivity index (χ4v) is 4.96. The minimum absolute atomic E-state index is 0.263. The average Bonchev–Trinajstić information content (AvgIpc) is 3.59. The third-order valence-corrected chi connectivity index (χ3v) is 6.73. The summed E-state index contributed by atoms with van der Waals surface area (Å²) in [5.74, 6) is 2.80. The van der Waals surface area contributed by atoms with Crippen LogP contribution in [0.3, 0.4) is 0 Å². The molecule has 0 bridgehead atoms. The second-order valence-corrected chi connectivity index (χ2v) is 9.84. The van der Waals surface area contributed by atoms with Crippen LogP contribution in [0.25, 0.3) is 16.9 Å². The van der Waals surface area contributed by atoms with Gasteiger partial charge in [0.2, 0.25) is 12.7 Å². The van der Waals surface area contributed by atoms with Crippen LogP contribution in [-0.4, -0.2) is 56.4 Å². The van der Waals surface area contributed by atoms with Crippen molar-refractivity contribution in [3.05, 3.63) is 46.9 Å². The van der Waals surface area contributed by atoms with Crippen LogP contribution >= 0.6 is 11.3 Å². The molecule has 184 valence electrons. The summed E-state index contributed by atoms with van der Waals surface area (Å²) in [5, 5.41) is 11.0. The van der Waals surface area contributed by atoms with Crippen molar-refractivity contribution >= 4 is 34.3 Å². The van der Waals surface area contributed by atoms with E-state index >= 15 is 0 Å². The van der Waals surface area contributed by atoms with Crippen molar-refractivity contribution in [1.29, 1.82) is 0 Å². The molecule has 0 radical (unpaired) electrons. The maximum atomic E-state index is 5.51. The highest BCUT2D eigenvalue weighted by Crippen LogP contribution is 2.32. The number of nitrogens with one attached hydrogen (secondary N) is 2. The molecule has 2 N–H and O–H groups in total. The minimum Gasteiger partial charge on any atom is -0.454 e. The standard InChI is InChI=1S/C25H31N7O2S/c1-16(2)31(17(3)4)9-8-26-23-22-24(32(14-28-22)19-7-10-35-13-19)30-25(29-23)27-12-18-5-6-20-21(11-18)34-15-33-20/h5-7,10-11,13-14,16-17H,8-9,12,15H2,1-4H3,(H2,26,27,29,30). The molecule has 0 saturated carbocycles. The highest BCUT2D eigenvalue weighted by molar-refractivity contribution is 7.08. The lowest BCUT2D eigenvalue weighted by Crippen LogP contribution is -2.40. The monoisotopic (exact) mass is 493 g/mol. The lowest BCUT2D eigenvalue weighted by molar-refractivity contribution is 0.174. The summed E-state index contributed by atoms with van der Waals surface area (Å²) in [5.41, 5.74) is 3.61. The van der Waals surface area contributed by atoms with Gasteiger partial charge in [-0.25, -0.2) is 4.98 Å². The third kappa shape index (κ3) is 5.03. The predicted molar refractivity (Wildman–Crippen MR) is 140 cm³/mol. The number of ether oxygens (including phenoxy) is 2. The van der Waals surface area contributed by atoms with Crippen LogP contribution in [0.4, 0.5) is 11.8 Å². The molecule has 0 saturated heterocycles. The Bertz CT molecular complexity index is 1280. The number of aromatic nitrogens is 4. The largest absolute Gasteiger partial charge is 0.454 e. The van der Waals surface area contributed by atoms with Crippen LogP contribution in [0.15, 0.2) is 41.4 Å². The van der Waals surface area contributed by atoms with E-state index in [1.807, 2.05) is 34.5 Å². The Balaban J connectivity index is 1.40. The van der Waals surface area contributed by atoms with E-state index in [0.29, 0.717) is 24.6 Å². The van der Waals surface area contributed by atoms with E-state index in [0.717, 1.165) is 52.8 Å². The maximum absolute atomic E-state index is 5.51. The smallest absolute Gasteiger partial charge is 0.231 e. The number of rotatable bonds is 10. The van der Waals surface area contributed by atoms with Gasteiger partial charge in [0.25, 0.3) is 0 Å². The van der Waals surface area contributed by atoms with E-state index in [1.165, 1.54) is 0 Å². The molecule has 0 fully saturated rings. The maximum Gasteiger partial charge on any atom is 0.231 e. The third-order valence-electron chi connectivity index (χ3n) is 6.06. The zero-order valence-corrected chi connectivity index (χ0v) is 21.3. The molecule has 4 aromatic rings. The van der Waals surface area contributed by atoms with Crippen LogP contribution in [0.1, 0.15) is 33.3 Å². The Morgan fingerprint density at radius 2 is 1.89 bits per heavy atom. The Hall–Kier alpha value is -3.37. The Labute approximate surface area is 209 Å². The number of benzene rings is 1. The van der Waals surface area contributed by atoms with Gasteiger partial charge in [-0.15, -0.1) is 0 Å². The van der Waals surface area contributed by atoms with Crippen molar-refractivity contribution in [2.75, 3.05) is 30.5 Å². The summed E-state index contributed by atoms with van der Waals surface area (Å²) in [7, 11) is 0. The van der Waals surface area contributed by atoms with Crippen molar-refractivity contribution in [2.24, 2.45) is 0 Å². The first-order valence-corrected chi connectivity index (χ1v) is 12.8. The molecule has 0 unspecified atom stereocenters. The van der Waals surface area contributed by atoms with Crippen molar-refractivity contribution in [3.63, 3.8) is 0 Å². The van der Waals surface area contributed by atoms with Gasteiger partial charge in [-0.2, -0.15) is 21.3 Å². The van der Waals surface area contributed by atoms with Gasteiger partial charge in [0.15, 0.2) is 28.5 Å². The quantitative estimate of drug-likeness (QED) is 0.327. The predicted octanol–water partition coefficient (Wildman–Crippen LogP) is 4.75. The Morgan fingerprint density at radius 1 is 1.06 bits per heavy atom. The molecule has 1 aliphatic rings. The number of thiophene rings is 1. The highest BCUT2D eigenvalue weighted by Gasteiger charge is 2.17. The Kier molecular flexibility index (Phi) is 6.74. The van der Waals surface area contributed by atoms with Gasteiger partial charge < -0.3 is 20.1 Å². The van der Waals surface area contributed by atoms with Crippen LogP contribution < -0.4 is 20.1 Å². The second kappa shape index (κ2) is 10.1. The molecule has 1 aromatic carbocycles. The minimum atomic E-state index is 0.263. The molecule has 4 heterocycles. The number of imidazole rings is 1. The van der Waals surface area contributed by atoms with Gasteiger partial charge >= 0.3 is 0 Å². The molecular weight excluding hydrogens is 462 g/mol. The van der Waals surface area contributed by atoms with Gasteiger partial charge in [0.05, 0.1) is 5.69 Å². The lowest BCUT2D eigenvalue weighted by Gasteiger charge is -2.30. The molecule has 0 atom stereocenters. The van der Waals surface area contributed by atoms with Gasteiger partial charge in [-0.1, -0.05) is 6.07 Å². The fraction of sp³-hybridized carbons (Fsp3) is 0.400. The van der Waals surface area contributed by atoms with Crippen LogP contribution in [0, 0.1) is 0 Å². The van der Waals surface area contributed by atoms with E-state index in [4.69, 9.17) is 19.4 Å². The molecule has 3 aromatic heterocycles. The first-order chi connectivity index (χ1) is 17.0. The summed E-state index contributed by atoms with van der Waals surface area (Å²) in [6.07, 6.45) is 1.81. The van der Waals surface area contributed by atoms with Crippen molar-refractivity contribution in [2.45, 2.75) is 46.3 Å². The first kappa shape index (κ1) is 23.4. The molecule has 0 amide bonds. The molecule has 35 heavy (non-hydrogen) atoms. The summed E-state index contributed by atoms with van der Waals surface area (Å²) >= 11 is 1.64. The van der Waals surface area contributed by atoms with Crippen LogP contribution in [0.2, 0.25) is 0 Å². The van der Waals surface area contributed by atoms with Gasteiger partial charge in [0, 0.05) is 37.1 Å². The molecule has 1 aliphatic heterocycles. The number of fused-ring (bicyclic) bond motifs is 2. The van der Waals surface area contributed by atoms with Crippen molar-refractivity contribution in [1.82, 2.24) is 24.4 Å². The van der Waals surface area contributed by atoms with Crippen LogP contribution in [-0.2, 0) is 6.54 Å². The number of anilines is 2. The zero-order chi connectivity index (χ0) is 24.4. The Morgan fingerprint density at radius 3 is 2.66 bits per heavy atom. The SMILES string of the molecule is CC(C)N(CCNc1nc(NCc2ccc3c(c2)OCO3)nc2c1ncn2-c1ccsc1)C(C)C. The van der Waals surface area contributed by atoms with E-state index in [1.54, 1.807) is 11.3 Å². The normalized spacial score (nSPS) is 12.9. The van der Waals surface area contributed by atoms with Gasteiger partial charge in [-0.05, 0) is 56.8 Å². The lowest BCUT2D eigenvalue weighted by atomic mass is 10.2. The number of nitrogens with zero attached hydrogens (tertiary/aromatic N) is 5. The van der Waals surface area contributed by atoms with Crippen molar-refractivity contribution < 1.29 is 9.47 Å². The molecular formula is C25H31N7O2S. The molecule has 9 nitrogen and oxygen atoms in total. The van der Waals surface area contributed by atoms with E-state index in [9.17, 15) is 0 Å². The highest BCUT2D eigenvalue weighted by atomic mass is 32.1. The van der Waals surface area contributed by atoms with Gasteiger partial charge in [-0.3, -0.25) is 9.47 Å². The number of hydrogen-bond acceptors (Lipinski definition) is 9. The second-order valence-electron chi connectivity index (χ2n) is 9.06. The fourth-order valence-electron chi connectivity index (χ4n) is 4.33. The average molecular weight is 494 g/mol. The first-order valence-electron chi connectivity index (χ1n) is 11.9. The molecule has 0 spiro atoms. The van der Waals surface area contributed by atoms with Crippen molar-refractivity contribution in [3.8, 4) is 17.2 Å². The number of hydrogen-bond donors (Lipinski definition) is 2. The topological polar surface area (TPSA) is 89.4 Å². The van der Waals surface area contributed by atoms with E-state index < -0.39 is 0 Å². The van der Waals surface area contributed by atoms with Gasteiger partial charge in [0.1, 0.15) is 6.33 Å². The summed E-state index contributed by atoms with van der Waals surface area (Å²) < 4.78 is 12.9. The van der Waals surface area contributed by atoms with E-state index in [2.05, 4.69) is 59.7 Å². The molecule has 10 heteroatoms. The molecule has 0 aliphatic carbocycles. The summed E-state index contributed by atoms with van der Waals surface area (Å²) in [6.45, 7) is 11.4. The zero-order valence-electron chi connectivity index (χ0n) is 20.5. The molecule has 5 rings (SSSR count).